The van der Waals surface area contributed by atoms with E-state index in [1.807, 2.05) is 0 Å². The molecule has 0 aliphatic carbocycles. The van der Waals surface area contributed by atoms with Crippen molar-refractivity contribution >= 4 is 14.1 Å². The molecule has 0 aliphatic heterocycles. The molecule has 3 nitrogen and oxygen atoms in total. The van der Waals surface area contributed by atoms with Crippen LogP contribution in [0.15, 0.2) is 0 Å². The molecule has 0 aromatic carbocycles. The molecule has 1 amide bonds. The van der Waals surface area contributed by atoms with Crippen molar-refractivity contribution in [2.75, 3.05) is 6.54 Å². The minimum Gasteiger partial charge on any atom is -0.382 e. The largest absolute Gasteiger partial charge is 0.382 e. The number of nitrogens with one attached hydrogen (secondary N) is 1. The topological polar surface area (TPSA) is 55.1 Å². The Morgan fingerprint density at radius 2 is 1.11 bits per heavy atom. The molecule has 0 bridgehead atoms. The van der Waals surface area contributed by atoms with E-state index in [1.54, 1.807) is 0 Å². The Morgan fingerprint density at radius 3 is 1.52 bits per heavy atom. The van der Waals surface area contributed by atoms with Crippen LogP contribution in [0.5, 0.6) is 0 Å². The van der Waals surface area contributed by atoms with E-state index in [-0.39, 0.29) is 5.91 Å². The molecule has 27 heavy (non-hydrogen) atoms. The Balaban J connectivity index is 3.29. The highest BCUT2D eigenvalue weighted by molar-refractivity contribution is 6.77. The fraction of sp³-hybridized carbons (Fsp3) is 0.957. The quantitative estimate of drug-likeness (QED) is 0.173. The number of unbranched alkanes of at least 4 members (excludes halogenated alkanes) is 14. The Morgan fingerprint density at radius 1 is 0.704 bits per heavy atom. The van der Waals surface area contributed by atoms with Gasteiger partial charge in [-0.15, -0.1) is 0 Å². The summed E-state index contributed by atoms with van der Waals surface area (Å²) in [7, 11) is -1.58. The van der Waals surface area contributed by atoms with Gasteiger partial charge in [-0.2, -0.15) is 0 Å². The van der Waals surface area contributed by atoms with Gasteiger partial charge < -0.3 is 10.7 Å². The van der Waals surface area contributed by atoms with Crippen molar-refractivity contribution in [3.63, 3.8) is 0 Å². The summed E-state index contributed by atoms with van der Waals surface area (Å²) in [6.07, 6.45) is 22.2. The van der Waals surface area contributed by atoms with E-state index in [4.69, 9.17) is 5.73 Å². The first-order valence-corrected chi connectivity index (χ1v) is 15.2. The van der Waals surface area contributed by atoms with Gasteiger partial charge in [-0.1, -0.05) is 110 Å². The molecule has 0 saturated carbocycles. The number of carbonyl (C=O) groups excluding carboxylic acids is 1. The summed E-state index contributed by atoms with van der Waals surface area (Å²) in [4.78, 5) is 15.3. The Bertz CT molecular complexity index is 334. The molecule has 0 heterocycles. The normalized spacial score (nSPS) is 11.7. The number of nitrogens with two attached hydrogens (primary N) is 1. The lowest BCUT2D eigenvalue weighted by atomic mass is 10.0. The molecule has 0 fully saturated rings. The molecule has 0 spiro atoms. The van der Waals surface area contributed by atoms with Crippen LogP contribution in [0.3, 0.4) is 0 Å². The lowest BCUT2D eigenvalue weighted by Gasteiger charge is -2.23. The predicted octanol–water partition coefficient (Wildman–Crippen LogP) is 6.92. The van der Waals surface area contributed by atoms with Crippen LogP contribution >= 0.6 is 0 Å². The molecule has 0 aliphatic rings. The zero-order chi connectivity index (χ0) is 20.2. The molecule has 162 valence electrons. The van der Waals surface area contributed by atoms with Gasteiger partial charge in [0.15, 0.2) is 8.24 Å². The molecule has 0 unspecified atom stereocenters. The Kier molecular flexibility index (Phi) is 18.7. The molecule has 0 aromatic heterocycles. The number of carbonyl (C=O) groups is 1. The van der Waals surface area contributed by atoms with E-state index in [2.05, 4.69) is 25.0 Å². The minimum absolute atomic E-state index is 0.262. The highest BCUT2D eigenvalue weighted by Gasteiger charge is 2.22. The SMILES string of the molecule is CCCCCCCCCCCCCCCCCC(=O)N[Si](C)(C)CCCN. The zero-order valence-electron chi connectivity index (χ0n) is 18.9. The standard InChI is InChI=1S/C23H50N2OSi/c1-4-5-6-7-8-9-10-11-12-13-14-15-16-17-18-20-23(26)25-27(2,3)22-19-21-24/h4-22,24H2,1-3H3,(H,25,26). The van der Waals surface area contributed by atoms with Crippen molar-refractivity contribution in [1.29, 1.82) is 0 Å². The van der Waals surface area contributed by atoms with Crippen LogP contribution in [0, 0.1) is 0 Å². The summed E-state index contributed by atoms with van der Waals surface area (Å²) < 4.78 is 0. The average molecular weight is 399 g/mol. The molecule has 4 heteroatoms. The molecule has 3 N–H and O–H groups in total. The lowest BCUT2D eigenvalue weighted by Crippen LogP contribution is -2.48. The van der Waals surface area contributed by atoms with Crippen molar-refractivity contribution in [1.82, 2.24) is 4.98 Å². The fourth-order valence-corrected chi connectivity index (χ4v) is 5.80. The molecular formula is C23H50N2OSi. The van der Waals surface area contributed by atoms with Crippen LogP contribution in [0.4, 0.5) is 0 Å². The predicted molar refractivity (Wildman–Crippen MR) is 124 cm³/mol. The monoisotopic (exact) mass is 398 g/mol. The van der Waals surface area contributed by atoms with Crippen LogP contribution in [-0.2, 0) is 4.79 Å². The Hall–Kier alpha value is -0.353. The highest BCUT2D eigenvalue weighted by atomic mass is 28.3. The summed E-state index contributed by atoms with van der Waals surface area (Å²) in [5.41, 5.74) is 5.57. The van der Waals surface area contributed by atoms with Crippen molar-refractivity contribution in [2.24, 2.45) is 5.73 Å². The molecule has 0 radical (unpaired) electrons. The molecular weight excluding hydrogens is 348 g/mol. The summed E-state index contributed by atoms with van der Waals surface area (Å²) >= 11 is 0. The van der Waals surface area contributed by atoms with E-state index in [9.17, 15) is 4.79 Å². The van der Waals surface area contributed by atoms with Gasteiger partial charge in [0.1, 0.15) is 0 Å². The van der Waals surface area contributed by atoms with E-state index < -0.39 is 8.24 Å². The van der Waals surface area contributed by atoms with Gasteiger partial charge in [0.2, 0.25) is 5.91 Å². The second-order valence-electron chi connectivity index (χ2n) is 9.02. The molecule has 0 rings (SSSR count). The van der Waals surface area contributed by atoms with Crippen LogP contribution in [0.25, 0.3) is 0 Å². The third-order valence-corrected chi connectivity index (χ3v) is 8.05. The van der Waals surface area contributed by atoms with E-state index in [0.29, 0.717) is 6.42 Å². The number of hydrogen-bond donors (Lipinski definition) is 2. The second kappa shape index (κ2) is 19.0. The van der Waals surface area contributed by atoms with Crippen LogP contribution < -0.4 is 10.7 Å². The first kappa shape index (κ1) is 26.6. The number of rotatable bonds is 20. The first-order chi connectivity index (χ1) is 13.0. The van der Waals surface area contributed by atoms with Gasteiger partial charge in [-0.25, -0.2) is 0 Å². The second-order valence-corrected chi connectivity index (χ2v) is 13.5. The minimum atomic E-state index is -1.58. The third-order valence-electron chi connectivity index (χ3n) is 5.49. The zero-order valence-corrected chi connectivity index (χ0v) is 19.9. The van der Waals surface area contributed by atoms with E-state index in [0.717, 1.165) is 25.4 Å². The average Bonchev–Trinajstić information content (AvgIpc) is 2.63. The van der Waals surface area contributed by atoms with Crippen LogP contribution in [0.2, 0.25) is 19.1 Å². The van der Waals surface area contributed by atoms with Gasteiger partial charge in [0.05, 0.1) is 0 Å². The summed E-state index contributed by atoms with van der Waals surface area (Å²) in [5, 5.41) is 0. The van der Waals surface area contributed by atoms with Crippen LogP contribution in [0.1, 0.15) is 116 Å². The van der Waals surface area contributed by atoms with Crippen molar-refractivity contribution in [2.45, 2.75) is 135 Å². The van der Waals surface area contributed by atoms with Gasteiger partial charge in [0, 0.05) is 6.42 Å². The first-order valence-electron chi connectivity index (χ1n) is 12.0. The van der Waals surface area contributed by atoms with E-state index >= 15 is 0 Å². The maximum absolute atomic E-state index is 12.0. The van der Waals surface area contributed by atoms with Crippen molar-refractivity contribution in [3.05, 3.63) is 0 Å². The van der Waals surface area contributed by atoms with E-state index in [1.165, 1.54) is 89.9 Å². The number of amides is 1. The molecule has 0 aromatic rings. The summed E-state index contributed by atoms with van der Waals surface area (Å²) in [6.45, 7) is 7.47. The fourth-order valence-electron chi connectivity index (χ4n) is 3.70. The third kappa shape index (κ3) is 20.2. The maximum Gasteiger partial charge on any atom is 0.212 e. The maximum atomic E-state index is 12.0. The smallest absolute Gasteiger partial charge is 0.212 e. The molecule has 0 saturated heterocycles. The van der Waals surface area contributed by atoms with Gasteiger partial charge in [-0.3, -0.25) is 4.79 Å². The Labute approximate surface area is 171 Å². The van der Waals surface area contributed by atoms with Gasteiger partial charge >= 0.3 is 0 Å². The lowest BCUT2D eigenvalue weighted by molar-refractivity contribution is -0.119. The summed E-state index contributed by atoms with van der Waals surface area (Å²) in [5.74, 6) is 0.262. The van der Waals surface area contributed by atoms with Gasteiger partial charge in [-0.05, 0) is 25.4 Å². The molecule has 0 atom stereocenters. The van der Waals surface area contributed by atoms with Crippen molar-refractivity contribution in [3.8, 4) is 0 Å². The summed E-state index contributed by atoms with van der Waals surface area (Å²) in [6, 6.07) is 1.09. The van der Waals surface area contributed by atoms with Gasteiger partial charge in [0.25, 0.3) is 0 Å². The van der Waals surface area contributed by atoms with Crippen molar-refractivity contribution < 1.29 is 4.79 Å². The number of hydrogen-bond acceptors (Lipinski definition) is 2. The highest BCUT2D eigenvalue weighted by Crippen LogP contribution is 2.14. The van der Waals surface area contributed by atoms with Crippen LogP contribution in [-0.4, -0.2) is 20.7 Å².